The van der Waals surface area contributed by atoms with Crippen LogP contribution in [0.1, 0.15) is 5.56 Å². The van der Waals surface area contributed by atoms with E-state index in [0.717, 1.165) is 5.56 Å². The van der Waals surface area contributed by atoms with Gasteiger partial charge in [0.1, 0.15) is 22.7 Å². The summed E-state index contributed by atoms with van der Waals surface area (Å²) in [6, 6.07) is 4.86. The van der Waals surface area contributed by atoms with Crippen LogP contribution in [0.5, 0.6) is 0 Å². The number of hydrogen-bond donors (Lipinski definition) is 2. The summed E-state index contributed by atoms with van der Waals surface area (Å²) in [4.78, 5) is 15.7. The Balaban J connectivity index is 2.08. The molecule has 0 aliphatic rings. The Hall–Kier alpha value is -1.99. The summed E-state index contributed by atoms with van der Waals surface area (Å²) in [6.07, 6.45) is 2.95. The lowest BCUT2D eigenvalue weighted by atomic mass is 10.2. The molecule has 0 radical (unpaired) electrons. The van der Waals surface area contributed by atoms with Gasteiger partial charge in [-0.2, -0.15) is 0 Å². The maximum absolute atomic E-state index is 13.9. The van der Waals surface area contributed by atoms with Crippen LogP contribution in [0, 0.1) is 5.82 Å². The minimum absolute atomic E-state index is 0.275. The monoisotopic (exact) mass is 275 g/mol. The second-order valence-electron chi connectivity index (χ2n) is 3.81. The van der Waals surface area contributed by atoms with Crippen molar-refractivity contribution in [3.8, 4) is 0 Å². The molecule has 3 aromatic rings. The van der Waals surface area contributed by atoms with E-state index in [1.807, 2.05) is 0 Å². The summed E-state index contributed by atoms with van der Waals surface area (Å²) in [5.41, 5.74) is 7.63. The van der Waals surface area contributed by atoms with Gasteiger partial charge in [0.25, 0.3) is 0 Å². The Kier molecular flexibility index (Phi) is 3.14. The molecule has 0 fully saturated rings. The molecule has 3 rings (SSSR count). The van der Waals surface area contributed by atoms with Crippen LogP contribution in [0.15, 0.2) is 40.8 Å². The molecule has 0 atom stereocenters. The first-order chi connectivity index (χ1) is 9.29. The van der Waals surface area contributed by atoms with Gasteiger partial charge in [-0.15, -0.1) is 0 Å². The molecule has 0 amide bonds. The first kappa shape index (κ1) is 12.1. The number of benzene rings is 1. The van der Waals surface area contributed by atoms with Crippen molar-refractivity contribution in [3.63, 3.8) is 0 Å². The zero-order chi connectivity index (χ0) is 13.2. The SMILES string of the molecule is NCc1cccc(F)c1Sc1ncnc2nc[nH]c12. The number of nitrogens with zero attached hydrogens (tertiary/aromatic N) is 3. The van der Waals surface area contributed by atoms with Crippen LogP contribution in [0.4, 0.5) is 4.39 Å². The first-order valence-electron chi connectivity index (χ1n) is 5.59. The number of nitrogens with one attached hydrogen (secondary N) is 1. The van der Waals surface area contributed by atoms with Crippen molar-refractivity contribution in [1.82, 2.24) is 19.9 Å². The third kappa shape index (κ3) is 2.18. The summed E-state index contributed by atoms with van der Waals surface area (Å²) >= 11 is 1.22. The highest BCUT2D eigenvalue weighted by Crippen LogP contribution is 2.33. The third-order valence-corrected chi connectivity index (χ3v) is 3.82. The van der Waals surface area contributed by atoms with Gasteiger partial charge in [-0.05, 0) is 11.6 Å². The molecule has 1 aromatic carbocycles. The Morgan fingerprint density at radius 3 is 3.00 bits per heavy atom. The molecule has 5 nitrogen and oxygen atoms in total. The smallest absolute Gasteiger partial charge is 0.181 e. The Labute approximate surface area is 112 Å². The van der Waals surface area contributed by atoms with E-state index in [1.165, 1.54) is 30.5 Å². The minimum Gasteiger partial charge on any atom is -0.341 e. The molecule has 2 heterocycles. The quantitative estimate of drug-likeness (QED) is 0.715. The number of aromatic nitrogens is 4. The molecule has 0 spiro atoms. The zero-order valence-corrected chi connectivity index (χ0v) is 10.6. The number of imidazole rings is 1. The molecule has 96 valence electrons. The fourth-order valence-corrected chi connectivity index (χ4v) is 2.74. The van der Waals surface area contributed by atoms with Gasteiger partial charge >= 0.3 is 0 Å². The Bertz CT molecular complexity index is 727. The maximum atomic E-state index is 13.9. The zero-order valence-electron chi connectivity index (χ0n) is 9.80. The maximum Gasteiger partial charge on any atom is 0.181 e. The predicted molar refractivity (Wildman–Crippen MR) is 70.1 cm³/mol. The van der Waals surface area contributed by atoms with E-state index in [1.54, 1.807) is 12.1 Å². The first-order valence-corrected chi connectivity index (χ1v) is 6.40. The van der Waals surface area contributed by atoms with Crippen molar-refractivity contribution in [2.24, 2.45) is 5.73 Å². The lowest BCUT2D eigenvalue weighted by Gasteiger charge is -2.08. The van der Waals surface area contributed by atoms with E-state index < -0.39 is 0 Å². The van der Waals surface area contributed by atoms with Gasteiger partial charge < -0.3 is 10.7 Å². The number of nitrogens with two attached hydrogens (primary N) is 1. The number of aromatic amines is 1. The number of H-pyrrole nitrogens is 1. The van der Waals surface area contributed by atoms with Gasteiger partial charge in [0.15, 0.2) is 5.65 Å². The highest BCUT2D eigenvalue weighted by Gasteiger charge is 2.13. The standard InChI is InChI=1S/C12H10FN5S/c13-8-3-1-2-7(4-14)10(8)19-12-9-11(16-5-15-9)17-6-18-12/h1-3,5-6H,4,14H2,(H,15,16,17,18). The summed E-state index contributed by atoms with van der Waals surface area (Å²) in [5, 5.41) is 0.627. The Morgan fingerprint density at radius 2 is 2.16 bits per heavy atom. The highest BCUT2D eigenvalue weighted by atomic mass is 32.2. The Morgan fingerprint density at radius 1 is 1.26 bits per heavy atom. The van der Waals surface area contributed by atoms with Crippen molar-refractivity contribution in [2.45, 2.75) is 16.5 Å². The van der Waals surface area contributed by atoms with Crippen LogP contribution in [-0.4, -0.2) is 19.9 Å². The molecule has 2 aromatic heterocycles. The van der Waals surface area contributed by atoms with Gasteiger partial charge in [0.2, 0.25) is 0 Å². The molecule has 0 aliphatic carbocycles. The average molecular weight is 275 g/mol. The number of halogens is 1. The van der Waals surface area contributed by atoms with Gasteiger partial charge in [-0.25, -0.2) is 19.3 Å². The van der Waals surface area contributed by atoms with Crippen LogP contribution < -0.4 is 5.73 Å². The number of fused-ring (bicyclic) bond motifs is 1. The second-order valence-corrected chi connectivity index (χ2v) is 4.81. The van der Waals surface area contributed by atoms with Crippen molar-refractivity contribution in [2.75, 3.05) is 0 Å². The summed E-state index contributed by atoms with van der Waals surface area (Å²) in [7, 11) is 0. The topological polar surface area (TPSA) is 80.5 Å². The summed E-state index contributed by atoms with van der Waals surface area (Å²) < 4.78 is 13.9. The van der Waals surface area contributed by atoms with Crippen LogP contribution >= 0.6 is 11.8 Å². The van der Waals surface area contributed by atoms with Gasteiger partial charge in [0.05, 0.1) is 11.2 Å². The van der Waals surface area contributed by atoms with Crippen LogP contribution in [0.2, 0.25) is 0 Å². The normalized spacial score (nSPS) is 11.1. The lowest BCUT2D eigenvalue weighted by Crippen LogP contribution is -2.00. The lowest BCUT2D eigenvalue weighted by molar-refractivity contribution is 0.597. The van der Waals surface area contributed by atoms with Crippen molar-refractivity contribution >= 4 is 22.9 Å². The molecule has 19 heavy (non-hydrogen) atoms. The predicted octanol–water partition coefficient (Wildman–Crippen LogP) is 2.10. The van der Waals surface area contributed by atoms with Crippen molar-refractivity contribution < 1.29 is 4.39 Å². The van der Waals surface area contributed by atoms with E-state index in [4.69, 9.17) is 5.73 Å². The summed E-state index contributed by atoms with van der Waals surface area (Å²) in [6.45, 7) is 0.275. The van der Waals surface area contributed by atoms with E-state index >= 15 is 0 Å². The fraction of sp³-hybridized carbons (Fsp3) is 0.0833. The van der Waals surface area contributed by atoms with Crippen LogP contribution in [0.3, 0.4) is 0 Å². The van der Waals surface area contributed by atoms with Gasteiger partial charge in [-0.3, -0.25) is 0 Å². The average Bonchev–Trinajstić information content (AvgIpc) is 2.90. The van der Waals surface area contributed by atoms with Gasteiger partial charge in [-0.1, -0.05) is 23.9 Å². The molecular formula is C12H10FN5S. The molecule has 0 unspecified atom stereocenters. The second kappa shape index (κ2) is 4.94. The van der Waals surface area contributed by atoms with Gasteiger partial charge in [0, 0.05) is 6.54 Å². The van der Waals surface area contributed by atoms with Crippen molar-refractivity contribution in [1.29, 1.82) is 0 Å². The van der Waals surface area contributed by atoms with E-state index in [9.17, 15) is 4.39 Å². The minimum atomic E-state index is -0.306. The molecule has 0 saturated carbocycles. The molecule has 3 N–H and O–H groups in total. The van der Waals surface area contributed by atoms with Crippen molar-refractivity contribution in [3.05, 3.63) is 42.2 Å². The molecule has 7 heteroatoms. The third-order valence-electron chi connectivity index (χ3n) is 2.66. The molecule has 0 saturated heterocycles. The largest absolute Gasteiger partial charge is 0.341 e. The fourth-order valence-electron chi connectivity index (χ4n) is 1.75. The molecule has 0 aliphatic heterocycles. The highest BCUT2D eigenvalue weighted by molar-refractivity contribution is 7.99. The molecular weight excluding hydrogens is 265 g/mol. The van der Waals surface area contributed by atoms with Crippen LogP contribution in [-0.2, 0) is 6.54 Å². The van der Waals surface area contributed by atoms with Crippen LogP contribution in [0.25, 0.3) is 11.2 Å². The number of hydrogen-bond acceptors (Lipinski definition) is 5. The van der Waals surface area contributed by atoms with E-state index in [-0.39, 0.29) is 12.4 Å². The summed E-state index contributed by atoms with van der Waals surface area (Å²) in [5.74, 6) is -0.306. The molecule has 0 bridgehead atoms. The van der Waals surface area contributed by atoms with E-state index in [2.05, 4.69) is 19.9 Å². The van der Waals surface area contributed by atoms with E-state index in [0.29, 0.717) is 21.1 Å². The number of rotatable bonds is 3.